The number of benzene rings is 1. The molecule has 1 saturated heterocycles. The van der Waals surface area contributed by atoms with Crippen molar-refractivity contribution in [3.8, 4) is 5.69 Å². The Morgan fingerprint density at radius 1 is 1.19 bits per heavy atom. The predicted molar refractivity (Wildman–Crippen MR) is 108 cm³/mol. The van der Waals surface area contributed by atoms with E-state index in [4.69, 9.17) is 0 Å². The lowest BCUT2D eigenvalue weighted by Gasteiger charge is -2.16. The van der Waals surface area contributed by atoms with Crippen LogP contribution >= 0.6 is 11.8 Å². The minimum absolute atomic E-state index is 0.104. The molecule has 0 radical (unpaired) electrons. The monoisotopic (exact) mass is 382 g/mol. The van der Waals surface area contributed by atoms with E-state index in [0.717, 1.165) is 42.9 Å². The Balaban J connectivity index is 1.75. The number of nitrogens with zero attached hydrogens (tertiary/aromatic N) is 3. The van der Waals surface area contributed by atoms with Gasteiger partial charge >= 0.3 is 0 Å². The Morgan fingerprint density at radius 2 is 1.89 bits per heavy atom. The molecule has 1 aromatic carbocycles. The molecule has 3 aromatic rings. The first kappa shape index (κ1) is 17.9. The fraction of sp³-hybridized carbons (Fsp3) is 0.350. The molecule has 6 nitrogen and oxygen atoms in total. The van der Waals surface area contributed by atoms with Gasteiger partial charge in [0.25, 0.3) is 5.56 Å². The average Bonchev–Trinajstić information content (AvgIpc) is 3.30. The van der Waals surface area contributed by atoms with Crippen LogP contribution in [-0.2, 0) is 4.79 Å². The summed E-state index contributed by atoms with van der Waals surface area (Å²) in [5.41, 5.74) is 3.74. The van der Waals surface area contributed by atoms with Crippen molar-refractivity contribution in [3.63, 3.8) is 0 Å². The first-order valence-corrected chi connectivity index (χ1v) is 10.1. The van der Waals surface area contributed by atoms with Crippen LogP contribution in [0.25, 0.3) is 16.7 Å². The highest BCUT2D eigenvalue weighted by atomic mass is 32.2. The summed E-state index contributed by atoms with van der Waals surface area (Å²) >= 11 is 1.33. The van der Waals surface area contributed by atoms with Crippen LogP contribution in [-0.4, -0.2) is 44.2 Å². The smallest absolute Gasteiger partial charge is 0.283 e. The molecule has 2 aromatic heterocycles. The predicted octanol–water partition coefficient (Wildman–Crippen LogP) is 3.05. The molecule has 0 saturated carbocycles. The number of carbonyl (C=O) groups is 1. The summed E-state index contributed by atoms with van der Waals surface area (Å²) in [5, 5.41) is 0.544. The summed E-state index contributed by atoms with van der Waals surface area (Å²) < 4.78 is 1.60. The van der Waals surface area contributed by atoms with Crippen LogP contribution < -0.4 is 5.56 Å². The molecule has 27 heavy (non-hydrogen) atoms. The van der Waals surface area contributed by atoms with Gasteiger partial charge in [-0.05, 0) is 44.9 Å². The standard InChI is InChI=1S/C20H22N4O2S/c1-13-5-7-15(8-6-13)24-19(26)18-16(11-14(2)21-18)22-20(24)27-12-17(25)23-9-3-4-10-23/h5-8,11,21H,3-4,9-10,12H2,1-2H3. The van der Waals surface area contributed by atoms with E-state index in [9.17, 15) is 9.59 Å². The third-order valence-electron chi connectivity index (χ3n) is 4.83. The molecule has 0 aliphatic carbocycles. The molecular formula is C20H22N4O2S. The number of rotatable bonds is 4. The Kier molecular flexibility index (Phi) is 4.78. The third-order valence-corrected chi connectivity index (χ3v) is 5.75. The van der Waals surface area contributed by atoms with E-state index in [2.05, 4.69) is 9.97 Å². The fourth-order valence-electron chi connectivity index (χ4n) is 3.38. The third kappa shape index (κ3) is 3.51. The number of thioether (sulfide) groups is 1. The van der Waals surface area contributed by atoms with E-state index in [1.54, 1.807) is 4.57 Å². The van der Waals surface area contributed by atoms with Crippen molar-refractivity contribution in [2.24, 2.45) is 0 Å². The van der Waals surface area contributed by atoms with Gasteiger partial charge in [0.05, 0.1) is 17.0 Å². The van der Waals surface area contributed by atoms with Gasteiger partial charge in [-0.25, -0.2) is 4.98 Å². The molecule has 1 N–H and O–H groups in total. The molecule has 0 unspecified atom stereocenters. The van der Waals surface area contributed by atoms with Crippen LogP contribution in [0.1, 0.15) is 24.1 Å². The average molecular weight is 382 g/mol. The Morgan fingerprint density at radius 3 is 2.59 bits per heavy atom. The highest BCUT2D eigenvalue weighted by Crippen LogP contribution is 2.23. The van der Waals surface area contributed by atoms with Crippen molar-refractivity contribution in [1.82, 2.24) is 19.4 Å². The Labute approximate surface area is 161 Å². The number of aromatic nitrogens is 3. The number of nitrogens with one attached hydrogen (secondary N) is 1. The highest BCUT2D eigenvalue weighted by Gasteiger charge is 2.20. The molecule has 3 heterocycles. The number of carbonyl (C=O) groups excluding carboxylic acids is 1. The quantitative estimate of drug-likeness (QED) is 0.556. The molecule has 0 bridgehead atoms. The first-order chi connectivity index (χ1) is 13.0. The van der Waals surface area contributed by atoms with Crippen LogP contribution in [0.3, 0.4) is 0 Å². The van der Waals surface area contributed by atoms with Crippen LogP contribution in [0.15, 0.2) is 40.3 Å². The zero-order valence-corrected chi connectivity index (χ0v) is 16.3. The van der Waals surface area contributed by atoms with Crippen molar-refractivity contribution in [3.05, 3.63) is 51.9 Å². The number of fused-ring (bicyclic) bond motifs is 1. The SMILES string of the molecule is Cc1ccc(-n2c(SCC(=O)N3CCCC3)nc3cc(C)[nH]c3c2=O)cc1. The molecule has 0 spiro atoms. The summed E-state index contributed by atoms with van der Waals surface area (Å²) in [7, 11) is 0. The van der Waals surface area contributed by atoms with Crippen LogP contribution in [0.2, 0.25) is 0 Å². The number of hydrogen-bond acceptors (Lipinski definition) is 4. The van der Waals surface area contributed by atoms with Crippen LogP contribution in [0, 0.1) is 13.8 Å². The van der Waals surface area contributed by atoms with Gasteiger partial charge in [0, 0.05) is 18.8 Å². The summed E-state index contributed by atoms with van der Waals surface area (Å²) in [6.07, 6.45) is 2.13. The van der Waals surface area contributed by atoms with Gasteiger partial charge in [-0.15, -0.1) is 0 Å². The van der Waals surface area contributed by atoms with E-state index in [1.165, 1.54) is 11.8 Å². The fourth-order valence-corrected chi connectivity index (χ4v) is 4.30. The van der Waals surface area contributed by atoms with Crippen molar-refractivity contribution in [2.75, 3.05) is 18.8 Å². The number of hydrogen-bond donors (Lipinski definition) is 1. The minimum Gasteiger partial charge on any atom is -0.353 e. The zero-order valence-electron chi connectivity index (χ0n) is 15.5. The second-order valence-electron chi connectivity index (χ2n) is 6.96. The van der Waals surface area contributed by atoms with Gasteiger partial charge in [0.15, 0.2) is 5.16 Å². The molecule has 4 rings (SSSR count). The van der Waals surface area contributed by atoms with Gasteiger partial charge in [0.2, 0.25) is 5.91 Å². The molecule has 0 atom stereocenters. The van der Waals surface area contributed by atoms with E-state index in [-0.39, 0.29) is 17.2 Å². The van der Waals surface area contributed by atoms with Crippen molar-refractivity contribution >= 4 is 28.7 Å². The van der Waals surface area contributed by atoms with E-state index in [1.807, 2.05) is 49.1 Å². The molecular weight excluding hydrogens is 360 g/mol. The Bertz CT molecular complexity index is 1050. The van der Waals surface area contributed by atoms with Crippen molar-refractivity contribution in [1.29, 1.82) is 0 Å². The van der Waals surface area contributed by atoms with Gasteiger partial charge in [0.1, 0.15) is 5.52 Å². The van der Waals surface area contributed by atoms with E-state index < -0.39 is 0 Å². The molecule has 1 aliphatic rings. The molecule has 1 aliphatic heterocycles. The van der Waals surface area contributed by atoms with Gasteiger partial charge in [-0.1, -0.05) is 29.5 Å². The number of likely N-dealkylation sites (tertiary alicyclic amines) is 1. The second kappa shape index (κ2) is 7.23. The Hall–Kier alpha value is -2.54. The maximum atomic E-state index is 13.1. The zero-order chi connectivity index (χ0) is 19.0. The minimum atomic E-state index is -0.145. The summed E-state index contributed by atoms with van der Waals surface area (Å²) in [5.74, 6) is 0.389. The maximum absolute atomic E-state index is 13.1. The van der Waals surface area contributed by atoms with Gasteiger partial charge < -0.3 is 9.88 Å². The molecule has 1 fully saturated rings. The number of amides is 1. The van der Waals surface area contributed by atoms with Crippen LogP contribution in [0.4, 0.5) is 0 Å². The van der Waals surface area contributed by atoms with Crippen LogP contribution in [0.5, 0.6) is 0 Å². The molecule has 1 amide bonds. The van der Waals surface area contributed by atoms with E-state index >= 15 is 0 Å². The second-order valence-corrected chi connectivity index (χ2v) is 7.90. The normalized spacial score (nSPS) is 14.2. The highest BCUT2D eigenvalue weighted by molar-refractivity contribution is 7.99. The lowest BCUT2D eigenvalue weighted by molar-refractivity contribution is -0.127. The topological polar surface area (TPSA) is 71.0 Å². The number of aromatic amines is 1. The van der Waals surface area contributed by atoms with Gasteiger partial charge in [-0.3, -0.25) is 14.2 Å². The molecule has 140 valence electrons. The number of aryl methyl sites for hydroxylation is 2. The van der Waals surface area contributed by atoms with Gasteiger partial charge in [-0.2, -0.15) is 0 Å². The lowest BCUT2D eigenvalue weighted by Crippen LogP contribution is -2.29. The van der Waals surface area contributed by atoms with Crippen molar-refractivity contribution < 1.29 is 4.79 Å². The summed E-state index contributed by atoms with van der Waals surface area (Å²) in [4.78, 5) is 35.3. The maximum Gasteiger partial charge on any atom is 0.283 e. The lowest BCUT2D eigenvalue weighted by atomic mass is 10.2. The van der Waals surface area contributed by atoms with E-state index in [0.29, 0.717) is 16.2 Å². The molecule has 7 heteroatoms. The first-order valence-electron chi connectivity index (χ1n) is 9.13. The summed E-state index contributed by atoms with van der Waals surface area (Å²) in [6, 6.07) is 9.62. The largest absolute Gasteiger partial charge is 0.353 e. The van der Waals surface area contributed by atoms with Crippen molar-refractivity contribution in [2.45, 2.75) is 31.8 Å². The summed E-state index contributed by atoms with van der Waals surface area (Å²) in [6.45, 7) is 5.56. The number of H-pyrrole nitrogens is 1.